The Kier molecular flexibility index (Phi) is 5.17. The minimum Gasteiger partial charge on any atom is -0.340 e. The third-order valence-corrected chi connectivity index (χ3v) is 4.13. The van der Waals surface area contributed by atoms with Crippen molar-refractivity contribution in [2.75, 3.05) is 19.6 Å². The first-order valence-electron chi connectivity index (χ1n) is 7.66. The Balaban J connectivity index is 1.97. The van der Waals surface area contributed by atoms with Crippen LogP contribution in [0.25, 0.3) is 0 Å². The second-order valence-corrected chi connectivity index (χ2v) is 5.69. The van der Waals surface area contributed by atoms with Crippen molar-refractivity contribution in [3.05, 3.63) is 18.2 Å². The summed E-state index contributed by atoms with van der Waals surface area (Å²) in [5, 5.41) is 3.62. The van der Waals surface area contributed by atoms with Gasteiger partial charge in [-0.25, -0.2) is 4.98 Å². The second-order valence-electron chi connectivity index (χ2n) is 5.69. The summed E-state index contributed by atoms with van der Waals surface area (Å²) >= 11 is 0. The van der Waals surface area contributed by atoms with Gasteiger partial charge in [-0.1, -0.05) is 20.3 Å². The summed E-state index contributed by atoms with van der Waals surface area (Å²) in [6.45, 7) is 7.13. The first kappa shape index (κ1) is 15.0. The molecule has 2 atom stereocenters. The van der Waals surface area contributed by atoms with Gasteiger partial charge in [-0.15, -0.1) is 0 Å². The second kappa shape index (κ2) is 6.88. The molecular formula is C15H26N4O. The van der Waals surface area contributed by atoms with E-state index in [-0.39, 0.29) is 5.91 Å². The van der Waals surface area contributed by atoms with E-state index < -0.39 is 0 Å². The predicted molar refractivity (Wildman–Crippen MR) is 79.6 cm³/mol. The van der Waals surface area contributed by atoms with Gasteiger partial charge in [0.2, 0.25) is 0 Å². The third kappa shape index (κ3) is 3.39. The van der Waals surface area contributed by atoms with E-state index in [1.54, 1.807) is 12.5 Å². The number of aromatic nitrogens is 2. The molecule has 0 saturated carbocycles. The Bertz CT molecular complexity index is 443. The monoisotopic (exact) mass is 278 g/mol. The van der Waals surface area contributed by atoms with Crippen molar-refractivity contribution in [2.24, 2.45) is 13.0 Å². The molecule has 112 valence electrons. The van der Waals surface area contributed by atoms with Gasteiger partial charge >= 0.3 is 0 Å². The summed E-state index contributed by atoms with van der Waals surface area (Å²) < 4.78 is 1.82. The Morgan fingerprint density at radius 3 is 2.90 bits per heavy atom. The van der Waals surface area contributed by atoms with Gasteiger partial charge in [0.05, 0.1) is 6.33 Å². The number of rotatable bonds is 5. The van der Waals surface area contributed by atoms with Gasteiger partial charge in [-0.2, -0.15) is 0 Å². The smallest absolute Gasteiger partial charge is 0.274 e. The lowest BCUT2D eigenvalue weighted by Crippen LogP contribution is -2.51. The van der Waals surface area contributed by atoms with Crippen LogP contribution in [-0.4, -0.2) is 46.0 Å². The van der Waals surface area contributed by atoms with Gasteiger partial charge in [-0.05, 0) is 25.3 Å². The SMILES string of the molecule is CCCNC1CCN(C(=O)c2cn(C)cn2)CC1CC. The van der Waals surface area contributed by atoms with Gasteiger partial charge in [0.15, 0.2) is 0 Å². The van der Waals surface area contributed by atoms with Crippen molar-refractivity contribution in [1.82, 2.24) is 19.8 Å². The molecule has 5 nitrogen and oxygen atoms in total. The summed E-state index contributed by atoms with van der Waals surface area (Å²) in [7, 11) is 1.89. The number of nitrogens with zero attached hydrogens (tertiary/aromatic N) is 3. The summed E-state index contributed by atoms with van der Waals surface area (Å²) in [4.78, 5) is 18.6. The number of aryl methyl sites for hydroxylation is 1. The van der Waals surface area contributed by atoms with Crippen molar-refractivity contribution < 1.29 is 4.79 Å². The molecule has 1 aliphatic heterocycles. The number of carbonyl (C=O) groups is 1. The first-order chi connectivity index (χ1) is 9.65. The Morgan fingerprint density at radius 1 is 1.50 bits per heavy atom. The maximum Gasteiger partial charge on any atom is 0.274 e. The van der Waals surface area contributed by atoms with Crippen LogP contribution in [0.3, 0.4) is 0 Å². The van der Waals surface area contributed by atoms with Crippen LogP contribution in [0.1, 0.15) is 43.6 Å². The molecule has 1 fully saturated rings. The number of hydrogen-bond acceptors (Lipinski definition) is 3. The molecule has 2 rings (SSSR count). The van der Waals surface area contributed by atoms with Crippen molar-refractivity contribution in [3.63, 3.8) is 0 Å². The van der Waals surface area contributed by atoms with Crippen LogP contribution in [0, 0.1) is 5.92 Å². The molecule has 0 aromatic carbocycles. The highest BCUT2D eigenvalue weighted by Crippen LogP contribution is 2.21. The van der Waals surface area contributed by atoms with Crippen LogP contribution in [0.5, 0.6) is 0 Å². The highest BCUT2D eigenvalue weighted by Gasteiger charge is 2.30. The molecule has 2 unspecified atom stereocenters. The number of amides is 1. The Labute approximate surface area is 121 Å². The summed E-state index contributed by atoms with van der Waals surface area (Å²) in [5.41, 5.74) is 0.558. The van der Waals surface area contributed by atoms with Gasteiger partial charge in [0.1, 0.15) is 5.69 Å². The molecule has 1 N–H and O–H groups in total. The fraction of sp³-hybridized carbons (Fsp3) is 0.733. The largest absolute Gasteiger partial charge is 0.340 e. The summed E-state index contributed by atoms with van der Waals surface area (Å²) in [6.07, 6.45) is 6.78. The molecule has 1 aromatic heterocycles. The van der Waals surface area contributed by atoms with E-state index in [1.165, 1.54) is 0 Å². The third-order valence-electron chi connectivity index (χ3n) is 4.13. The average Bonchev–Trinajstić information content (AvgIpc) is 2.90. The maximum absolute atomic E-state index is 12.4. The van der Waals surface area contributed by atoms with Gasteiger partial charge in [0.25, 0.3) is 5.91 Å². The number of hydrogen-bond donors (Lipinski definition) is 1. The molecule has 0 spiro atoms. The zero-order valence-electron chi connectivity index (χ0n) is 12.8. The quantitative estimate of drug-likeness (QED) is 0.891. The Morgan fingerprint density at radius 2 is 2.30 bits per heavy atom. The fourth-order valence-electron chi connectivity index (χ4n) is 2.91. The van der Waals surface area contributed by atoms with Crippen LogP contribution >= 0.6 is 0 Å². The number of nitrogens with one attached hydrogen (secondary N) is 1. The van der Waals surface area contributed by atoms with Crippen molar-refractivity contribution in [1.29, 1.82) is 0 Å². The minimum absolute atomic E-state index is 0.0676. The normalized spacial score (nSPS) is 23.1. The standard InChI is InChI=1S/C15H26N4O/c1-4-7-16-13-6-8-19(9-12(13)5-2)15(20)14-10-18(3)11-17-14/h10-13,16H,4-9H2,1-3H3. The number of imidazole rings is 1. The first-order valence-corrected chi connectivity index (χ1v) is 7.66. The number of likely N-dealkylation sites (tertiary alicyclic amines) is 1. The van der Waals surface area contributed by atoms with E-state index in [1.807, 2.05) is 16.5 Å². The highest BCUT2D eigenvalue weighted by atomic mass is 16.2. The van der Waals surface area contributed by atoms with Crippen molar-refractivity contribution >= 4 is 5.91 Å². The molecule has 1 aliphatic rings. The van der Waals surface area contributed by atoms with Crippen molar-refractivity contribution in [2.45, 2.75) is 39.2 Å². The van der Waals surface area contributed by atoms with E-state index >= 15 is 0 Å². The highest BCUT2D eigenvalue weighted by molar-refractivity contribution is 5.92. The topological polar surface area (TPSA) is 50.2 Å². The molecule has 1 saturated heterocycles. The molecule has 20 heavy (non-hydrogen) atoms. The molecule has 0 aliphatic carbocycles. The number of carbonyl (C=O) groups excluding carboxylic acids is 1. The van der Waals surface area contributed by atoms with Crippen LogP contribution in [0.15, 0.2) is 12.5 Å². The van der Waals surface area contributed by atoms with Crippen LogP contribution in [-0.2, 0) is 7.05 Å². The maximum atomic E-state index is 12.4. The fourth-order valence-corrected chi connectivity index (χ4v) is 2.91. The lowest BCUT2D eigenvalue weighted by Gasteiger charge is -2.38. The molecule has 0 bridgehead atoms. The number of piperidine rings is 1. The minimum atomic E-state index is 0.0676. The van der Waals surface area contributed by atoms with E-state index in [0.717, 1.165) is 38.9 Å². The lowest BCUT2D eigenvalue weighted by molar-refractivity contribution is 0.0621. The van der Waals surface area contributed by atoms with Gasteiger partial charge < -0.3 is 14.8 Å². The molecule has 1 amide bonds. The van der Waals surface area contributed by atoms with E-state index in [4.69, 9.17) is 0 Å². The molecule has 5 heteroatoms. The molecule has 2 heterocycles. The van der Waals surface area contributed by atoms with Crippen LogP contribution < -0.4 is 5.32 Å². The van der Waals surface area contributed by atoms with E-state index in [9.17, 15) is 4.79 Å². The van der Waals surface area contributed by atoms with Gasteiger partial charge in [-0.3, -0.25) is 4.79 Å². The zero-order valence-corrected chi connectivity index (χ0v) is 12.8. The van der Waals surface area contributed by atoms with Crippen molar-refractivity contribution in [3.8, 4) is 0 Å². The molecular weight excluding hydrogens is 252 g/mol. The summed E-state index contributed by atoms with van der Waals surface area (Å²) in [5.74, 6) is 0.612. The zero-order chi connectivity index (χ0) is 14.5. The lowest BCUT2D eigenvalue weighted by atomic mass is 9.89. The van der Waals surface area contributed by atoms with Gasteiger partial charge in [0, 0.05) is 32.4 Å². The Hall–Kier alpha value is -1.36. The molecule has 1 aromatic rings. The van der Waals surface area contributed by atoms with E-state index in [0.29, 0.717) is 17.7 Å². The predicted octanol–water partition coefficient (Wildman–Crippen LogP) is 1.66. The molecule has 0 radical (unpaired) electrons. The van der Waals surface area contributed by atoms with Crippen LogP contribution in [0.4, 0.5) is 0 Å². The summed E-state index contributed by atoms with van der Waals surface area (Å²) in [6, 6.07) is 0.549. The van der Waals surface area contributed by atoms with Crippen LogP contribution in [0.2, 0.25) is 0 Å². The van der Waals surface area contributed by atoms with E-state index in [2.05, 4.69) is 24.1 Å². The average molecular weight is 278 g/mol.